The third-order valence-electron chi connectivity index (χ3n) is 5.80. The van der Waals surface area contributed by atoms with Crippen LogP contribution in [0.15, 0.2) is 54.6 Å². The number of carbonyl (C=O) groups is 1. The number of rotatable bonds is 1. The summed E-state index contributed by atoms with van der Waals surface area (Å²) in [5, 5.41) is 3.75. The Kier molecular flexibility index (Phi) is 4.17. The van der Waals surface area contributed by atoms with Gasteiger partial charge in [-0.25, -0.2) is 4.79 Å². The van der Waals surface area contributed by atoms with Crippen LogP contribution in [0.2, 0.25) is 0 Å². The van der Waals surface area contributed by atoms with Crippen LogP contribution in [-0.4, -0.2) is 23.1 Å². The van der Waals surface area contributed by atoms with Crippen molar-refractivity contribution >= 4 is 11.8 Å². The summed E-state index contributed by atoms with van der Waals surface area (Å²) in [4.78, 5) is 14.9. The van der Waals surface area contributed by atoms with Gasteiger partial charge in [-0.1, -0.05) is 55.5 Å². The van der Waals surface area contributed by atoms with E-state index in [9.17, 15) is 4.79 Å². The number of likely N-dealkylation sites (tertiary alicyclic amines) is 1. The second-order valence-electron chi connectivity index (χ2n) is 8.91. The Balaban J connectivity index is 1.78. The summed E-state index contributed by atoms with van der Waals surface area (Å²) < 4.78 is 5.74. The van der Waals surface area contributed by atoms with Crippen molar-refractivity contribution in [1.82, 2.24) is 4.90 Å². The van der Waals surface area contributed by atoms with Crippen molar-refractivity contribution in [2.45, 2.75) is 51.8 Å². The van der Waals surface area contributed by atoms with Crippen LogP contribution < -0.4 is 5.32 Å². The van der Waals surface area contributed by atoms with E-state index in [2.05, 4.69) is 54.7 Å². The van der Waals surface area contributed by atoms with E-state index in [1.54, 1.807) is 0 Å². The molecule has 2 aliphatic heterocycles. The monoisotopic (exact) mass is 364 g/mol. The standard InChI is InChI=1S/C23H28N2O2/c1-22(2,3)27-21(26)25-15-14-23(4)19(16-10-6-5-7-11-16)24-18-13-9-8-12-17(18)20(23)25/h5-13,19-20,24H,14-15H2,1-4H3/t19-,20-,23+/m1/s1. The number of para-hydroxylation sites is 1. The van der Waals surface area contributed by atoms with Crippen molar-refractivity contribution in [2.24, 2.45) is 5.41 Å². The van der Waals surface area contributed by atoms with Gasteiger partial charge in [0.15, 0.2) is 0 Å². The van der Waals surface area contributed by atoms with Gasteiger partial charge in [-0.2, -0.15) is 0 Å². The predicted molar refractivity (Wildman–Crippen MR) is 108 cm³/mol. The average molecular weight is 364 g/mol. The Hall–Kier alpha value is -2.49. The summed E-state index contributed by atoms with van der Waals surface area (Å²) in [7, 11) is 0. The molecule has 2 aromatic rings. The molecular weight excluding hydrogens is 336 g/mol. The lowest BCUT2D eigenvalue weighted by molar-refractivity contribution is 0.0147. The Morgan fingerprint density at radius 2 is 1.78 bits per heavy atom. The van der Waals surface area contributed by atoms with E-state index in [-0.39, 0.29) is 23.6 Å². The molecule has 0 radical (unpaired) electrons. The number of ether oxygens (including phenoxy) is 1. The first-order valence-corrected chi connectivity index (χ1v) is 9.70. The molecule has 1 N–H and O–H groups in total. The van der Waals surface area contributed by atoms with E-state index < -0.39 is 5.60 Å². The molecule has 2 heterocycles. The minimum absolute atomic E-state index is 0.00462. The van der Waals surface area contributed by atoms with Crippen LogP contribution >= 0.6 is 0 Å². The fourth-order valence-corrected chi connectivity index (χ4v) is 4.62. The number of nitrogens with zero attached hydrogens (tertiary/aromatic N) is 1. The predicted octanol–water partition coefficient (Wildman–Crippen LogP) is 5.54. The van der Waals surface area contributed by atoms with E-state index in [4.69, 9.17) is 4.74 Å². The maximum absolute atomic E-state index is 13.0. The van der Waals surface area contributed by atoms with Crippen molar-refractivity contribution in [1.29, 1.82) is 0 Å². The first kappa shape index (κ1) is 17.9. The number of nitrogens with one attached hydrogen (secondary N) is 1. The van der Waals surface area contributed by atoms with Gasteiger partial charge < -0.3 is 15.0 Å². The quantitative estimate of drug-likeness (QED) is 0.722. The fourth-order valence-electron chi connectivity index (χ4n) is 4.62. The molecular formula is C23H28N2O2. The molecule has 0 aliphatic carbocycles. The van der Waals surface area contributed by atoms with Crippen molar-refractivity contribution in [3.05, 3.63) is 65.7 Å². The van der Waals surface area contributed by atoms with Crippen LogP contribution in [0.5, 0.6) is 0 Å². The third-order valence-corrected chi connectivity index (χ3v) is 5.80. The van der Waals surface area contributed by atoms with Gasteiger partial charge in [-0.15, -0.1) is 0 Å². The lowest BCUT2D eigenvalue weighted by atomic mass is 9.68. The van der Waals surface area contributed by atoms with Gasteiger partial charge in [0.05, 0.1) is 12.1 Å². The van der Waals surface area contributed by atoms with E-state index in [0.29, 0.717) is 6.54 Å². The molecule has 1 fully saturated rings. The van der Waals surface area contributed by atoms with Crippen LogP contribution in [0.25, 0.3) is 0 Å². The molecule has 4 rings (SSSR count). The van der Waals surface area contributed by atoms with E-state index >= 15 is 0 Å². The van der Waals surface area contributed by atoms with E-state index in [1.807, 2.05) is 37.8 Å². The molecule has 0 unspecified atom stereocenters. The lowest BCUT2D eigenvalue weighted by Crippen LogP contribution is -2.44. The Labute approximate surface area is 161 Å². The molecule has 0 spiro atoms. The highest BCUT2D eigenvalue weighted by Crippen LogP contribution is 2.59. The second kappa shape index (κ2) is 6.29. The summed E-state index contributed by atoms with van der Waals surface area (Å²) in [6.07, 6.45) is 0.706. The summed E-state index contributed by atoms with van der Waals surface area (Å²) in [5.41, 5.74) is 2.93. The number of hydrogen-bond acceptors (Lipinski definition) is 3. The van der Waals surface area contributed by atoms with Crippen molar-refractivity contribution in [2.75, 3.05) is 11.9 Å². The maximum Gasteiger partial charge on any atom is 0.410 e. The zero-order valence-corrected chi connectivity index (χ0v) is 16.5. The molecule has 0 aromatic heterocycles. The topological polar surface area (TPSA) is 41.6 Å². The molecule has 4 heteroatoms. The van der Waals surface area contributed by atoms with Crippen molar-refractivity contribution < 1.29 is 9.53 Å². The smallest absolute Gasteiger partial charge is 0.410 e. The lowest BCUT2D eigenvalue weighted by Gasteiger charge is -2.47. The first-order valence-electron chi connectivity index (χ1n) is 9.70. The second-order valence-corrected chi connectivity index (χ2v) is 8.91. The van der Waals surface area contributed by atoms with Crippen molar-refractivity contribution in [3.63, 3.8) is 0 Å². The number of fused-ring (bicyclic) bond motifs is 3. The summed E-state index contributed by atoms with van der Waals surface area (Å²) in [5.74, 6) is 0. The molecule has 2 aromatic carbocycles. The van der Waals surface area contributed by atoms with Crippen LogP contribution in [0.4, 0.5) is 10.5 Å². The molecule has 2 aliphatic rings. The molecule has 3 atom stereocenters. The fraction of sp³-hybridized carbons (Fsp3) is 0.435. The summed E-state index contributed by atoms with van der Waals surface area (Å²) >= 11 is 0. The molecule has 0 bridgehead atoms. The summed E-state index contributed by atoms with van der Waals surface area (Å²) in [6, 6.07) is 19.0. The van der Waals surface area contributed by atoms with Crippen molar-refractivity contribution in [3.8, 4) is 0 Å². The third kappa shape index (κ3) is 3.07. The average Bonchev–Trinajstić information content (AvgIpc) is 2.99. The molecule has 4 nitrogen and oxygen atoms in total. The molecule has 142 valence electrons. The number of hydrogen-bond donors (Lipinski definition) is 1. The maximum atomic E-state index is 13.0. The van der Waals surface area contributed by atoms with Gasteiger partial charge >= 0.3 is 6.09 Å². The largest absolute Gasteiger partial charge is 0.444 e. The van der Waals surface area contributed by atoms with Gasteiger partial charge in [-0.05, 0) is 44.4 Å². The van der Waals surface area contributed by atoms with Gasteiger partial charge in [0.25, 0.3) is 0 Å². The molecule has 0 saturated carbocycles. The van der Waals surface area contributed by atoms with E-state index in [0.717, 1.165) is 12.1 Å². The zero-order chi connectivity index (χ0) is 19.2. The Bertz CT molecular complexity index is 843. The first-order chi connectivity index (χ1) is 12.8. The minimum Gasteiger partial charge on any atom is -0.444 e. The molecule has 27 heavy (non-hydrogen) atoms. The van der Waals surface area contributed by atoms with Crippen LogP contribution in [0, 0.1) is 5.41 Å². The Morgan fingerprint density at radius 3 is 2.48 bits per heavy atom. The number of carbonyl (C=O) groups excluding carboxylic acids is 1. The van der Waals surface area contributed by atoms with Crippen LogP contribution in [0.1, 0.15) is 57.3 Å². The molecule has 1 saturated heterocycles. The highest BCUT2D eigenvalue weighted by atomic mass is 16.6. The van der Waals surface area contributed by atoms with Crippen LogP contribution in [0.3, 0.4) is 0 Å². The zero-order valence-electron chi connectivity index (χ0n) is 16.5. The summed E-state index contributed by atoms with van der Waals surface area (Å²) in [6.45, 7) is 8.76. The normalized spacial score (nSPS) is 26.7. The van der Waals surface area contributed by atoms with Gasteiger partial charge in [-0.3, -0.25) is 0 Å². The highest BCUT2D eigenvalue weighted by molar-refractivity contribution is 5.71. The number of amides is 1. The number of anilines is 1. The van der Waals surface area contributed by atoms with Crippen LogP contribution in [-0.2, 0) is 4.74 Å². The Morgan fingerprint density at radius 1 is 1.11 bits per heavy atom. The van der Waals surface area contributed by atoms with Gasteiger partial charge in [0.2, 0.25) is 0 Å². The van der Waals surface area contributed by atoms with Gasteiger partial charge in [0.1, 0.15) is 5.60 Å². The van der Waals surface area contributed by atoms with Gasteiger partial charge in [0, 0.05) is 17.6 Å². The van der Waals surface area contributed by atoms with E-state index in [1.165, 1.54) is 11.1 Å². The SMILES string of the molecule is CC(C)(C)OC(=O)N1CC[C@@]2(C)[C@@H](c3ccccc3)Nc3ccccc3[C@@H]12. The minimum atomic E-state index is -0.499. The molecule has 1 amide bonds. The number of benzene rings is 2. The highest BCUT2D eigenvalue weighted by Gasteiger charge is 2.55.